The number of benzene rings is 2. The molecule has 1 unspecified atom stereocenters. The molecule has 10 heteroatoms. The lowest BCUT2D eigenvalue weighted by Crippen LogP contribution is -2.24. The molecule has 0 saturated carbocycles. The van der Waals surface area contributed by atoms with Gasteiger partial charge in [0.15, 0.2) is 0 Å². The summed E-state index contributed by atoms with van der Waals surface area (Å²) in [7, 11) is 0. The number of carboxylic acids is 1. The average Bonchev–Trinajstić information content (AvgIpc) is 3.19. The summed E-state index contributed by atoms with van der Waals surface area (Å²) in [5, 5.41) is 27.0. The van der Waals surface area contributed by atoms with E-state index < -0.39 is 22.8 Å². The Morgan fingerprint density at radius 1 is 1.19 bits per heavy atom. The molecular formula is C21H20N4O6. The van der Waals surface area contributed by atoms with E-state index in [0.717, 1.165) is 15.8 Å². The number of non-ortho nitro benzene ring substituents is 1. The summed E-state index contributed by atoms with van der Waals surface area (Å²) in [6.45, 7) is 5.13. The van der Waals surface area contributed by atoms with E-state index in [2.05, 4.69) is 10.4 Å². The molecular weight excluding hydrogens is 404 g/mol. The molecule has 1 aromatic heterocycles. The van der Waals surface area contributed by atoms with E-state index in [4.69, 9.17) is 4.74 Å². The van der Waals surface area contributed by atoms with Crippen molar-refractivity contribution < 1.29 is 24.4 Å². The molecule has 1 heterocycles. The summed E-state index contributed by atoms with van der Waals surface area (Å²) in [6, 6.07) is 9.79. The molecule has 31 heavy (non-hydrogen) atoms. The second kappa shape index (κ2) is 8.66. The highest BCUT2D eigenvalue weighted by Gasteiger charge is 2.22. The Labute approximate surface area is 177 Å². The van der Waals surface area contributed by atoms with Crippen molar-refractivity contribution in [1.82, 2.24) is 9.78 Å². The lowest BCUT2D eigenvalue weighted by Gasteiger charge is -2.13. The molecule has 1 atom stereocenters. The van der Waals surface area contributed by atoms with Gasteiger partial charge in [-0.25, -0.2) is 9.48 Å². The molecule has 0 spiro atoms. The number of aromatic nitrogens is 2. The van der Waals surface area contributed by atoms with E-state index >= 15 is 0 Å². The van der Waals surface area contributed by atoms with Crippen molar-refractivity contribution in [2.75, 3.05) is 5.32 Å². The van der Waals surface area contributed by atoms with E-state index in [-0.39, 0.29) is 22.8 Å². The number of carbonyl (C=O) groups is 2. The maximum absolute atomic E-state index is 12.7. The molecule has 2 aromatic carbocycles. The van der Waals surface area contributed by atoms with Gasteiger partial charge in [0.05, 0.1) is 16.7 Å². The highest BCUT2D eigenvalue weighted by atomic mass is 16.6. The summed E-state index contributed by atoms with van der Waals surface area (Å²) >= 11 is 0. The van der Waals surface area contributed by atoms with Crippen molar-refractivity contribution in [3.8, 4) is 11.5 Å². The van der Waals surface area contributed by atoms with Gasteiger partial charge in [-0.3, -0.25) is 14.9 Å². The van der Waals surface area contributed by atoms with Crippen LogP contribution in [0.4, 0.5) is 11.4 Å². The third-order valence-electron chi connectivity index (χ3n) is 4.56. The van der Waals surface area contributed by atoms with Crippen LogP contribution in [0.1, 0.15) is 34.6 Å². The number of carbonyl (C=O) groups excluding carboxylic acids is 1. The first-order valence-electron chi connectivity index (χ1n) is 9.28. The maximum Gasteiger partial charge on any atom is 0.328 e. The molecule has 3 rings (SSSR count). The van der Waals surface area contributed by atoms with Crippen LogP contribution in [0, 0.1) is 24.0 Å². The molecule has 0 radical (unpaired) electrons. The molecule has 0 aliphatic heterocycles. The molecule has 3 aromatic rings. The lowest BCUT2D eigenvalue weighted by atomic mass is 10.1. The molecule has 2 N–H and O–H groups in total. The summed E-state index contributed by atoms with van der Waals surface area (Å²) in [5.74, 6) is -1.11. The number of aryl methyl sites for hydroxylation is 2. The number of rotatable bonds is 7. The van der Waals surface area contributed by atoms with Gasteiger partial charge in [-0.15, -0.1) is 0 Å². The Bertz CT molecular complexity index is 1170. The SMILES string of the molecule is Cc1ccc(C)c(Oc2cc(NC(=O)c3ccnn3C(C)C(=O)O)cc([N+](=O)[O-])c2)c1. The minimum atomic E-state index is -1.16. The van der Waals surface area contributed by atoms with Crippen molar-refractivity contribution >= 4 is 23.3 Å². The van der Waals surface area contributed by atoms with Crippen LogP contribution in [0.5, 0.6) is 11.5 Å². The molecule has 160 valence electrons. The number of nitrogens with zero attached hydrogens (tertiary/aromatic N) is 3. The van der Waals surface area contributed by atoms with E-state index in [1.165, 1.54) is 37.4 Å². The van der Waals surface area contributed by atoms with Crippen LogP contribution in [0.15, 0.2) is 48.7 Å². The zero-order chi connectivity index (χ0) is 22.7. The number of hydrogen-bond acceptors (Lipinski definition) is 6. The molecule has 10 nitrogen and oxygen atoms in total. The third-order valence-corrected chi connectivity index (χ3v) is 4.56. The largest absolute Gasteiger partial charge is 0.480 e. The average molecular weight is 424 g/mol. The Morgan fingerprint density at radius 3 is 2.61 bits per heavy atom. The minimum absolute atomic E-state index is 0.00148. The van der Waals surface area contributed by atoms with Crippen molar-refractivity contribution in [3.63, 3.8) is 0 Å². The van der Waals surface area contributed by atoms with Crippen molar-refractivity contribution in [3.05, 3.63) is 75.6 Å². The van der Waals surface area contributed by atoms with Gasteiger partial charge in [-0.2, -0.15) is 5.10 Å². The first-order chi connectivity index (χ1) is 14.7. The third kappa shape index (κ3) is 4.86. The zero-order valence-corrected chi connectivity index (χ0v) is 17.0. The highest BCUT2D eigenvalue weighted by molar-refractivity contribution is 6.03. The Kier molecular flexibility index (Phi) is 6.00. The monoisotopic (exact) mass is 424 g/mol. The van der Waals surface area contributed by atoms with Crippen LogP contribution < -0.4 is 10.1 Å². The fraction of sp³-hybridized carbons (Fsp3) is 0.190. The second-order valence-electron chi connectivity index (χ2n) is 6.97. The maximum atomic E-state index is 12.7. The first kappa shape index (κ1) is 21.5. The van der Waals surface area contributed by atoms with Crippen molar-refractivity contribution in [1.29, 1.82) is 0 Å². The van der Waals surface area contributed by atoms with E-state index in [1.807, 2.05) is 26.0 Å². The summed E-state index contributed by atoms with van der Waals surface area (Å²) in [6.07, 6.45) is 1.30. The summed E-state index contributed by atoms with van der Waals surface area (Å²) in [5.41, 5.74) is 1.65. The number of carboxylic acid groups (broad SMARTS) is 1. The van der Waals surface area contributed by atoms with E-state index in [0.29, 0.717) is 5.75 Å². The van der Waals surface area contributed by atoms with Crippen molar-refractivity contribution in [2.45, 2.75) is 26.8 Å². The molecule has 0 saturated heterocycles. The topological polar surface area (TPSA) is 137 Å². The molecule has 0 aliphatic rings. The quantitative estimate of drug-likeness (QED) is 0.430. The highest BCUT2D eigenvalue weighted by Crippen LogP contribution is 2.32. The van der Waals surface area contributed by atoms with Gasteiger partial charge in [0.25, 0.3) is 11.6 Å². The van der Waals surface area contributed by atoms with Gasteiger partial charge in [0.1, 0.15) is 23.2 Å². The van der Waals surface area contributed by atoms with Gasteiger partial charge in [0, 0.05) is 18.3 Å². The van der Waals surface area contributed by atoms with Gasteiger partial charge < -0.3 is 15.2 Å². The number of anilines is 1. The van der Waals surface area contributed by atoms with Crippen LogP contribution >= 0.6 is 0 Å². The predicted molar refractivity (Wildman–Crippen MR) is 112 cm³/mol. The van der Waals surface area contributed by atoms with Gasteiger partial charge in [-0.1, -0.05) is 12.1 Å². The van der Waals surface area contributed by atoms with E-state index in [9.17, 15) is 24.8 Å². The van der Waals surface area contributed by atoms with Crippen LogP contribution in [0.3, 0.4) is 0 Å². The second-order valence-corrected chi connectivity index (χ2v) is 6.97. The predicted octanol–water partition coefficient (Wildman–Crippen LogP) is 4.10. The number of nitrogens with one attached hydrogen (secondary N) is 1. The van der Waals surface area contributed by atoms with Crippen LogP contribution in [0.2, 0.25) is 0 Å². The number of nitro benzene ring substituents is 1. The van der Waals surface area contributed by atoms with E-state index in [1.54, 1.807) is 6.07 Å². The number of amides is 1. The van der Waals surface area contributed by atoms with Crippen LogP contribution in [-0.2, 0) is 4.79 Å². The van der Waals surface area contributed by atoms with Gasteiger partial charge in [0.2, 0.25) is 0 Å². The standard InChI is InChI=1S/C21H20N4O6/c1-12-4-5-13(2)19(8-12)31-17-10-15(9-16(11-17)25(29)30)23-20(26)18-6-7-22-24(18)14(3)21(27)28/h4-11,14H,1-3H3,(H,23,26)(H,27,28). The summed E-state index contributed by atoms with van der Waals surface area (Å²) < 4.78 is 6.89. The van der Waals surface area contributed by atoms with Crippen LogP contribution in [-0.4, -0.2) is 31.7 Å². The Balaban J connectivity index is 1.92. The lowest BCUT2D eigenvalue weighted by molar-refractivity contribution is -0.384. The number of nitro groups is 1. The molecule has 0 bridgehead atoms. The van der Waals surface area contributed by atoms with Crippen molar-refractivity contribution in [2.24, 2.45) is 0 Å². The van der Waals surface area contributed by atoms with Gasteiger partial charge >= 0.3 is 5.97 Å². The number of hydrogen-bond donors (Lipinski definition) is 2. The normalized spacial score (nSPS) is 11.6. The first-order valence-corrected chi connectivity index (χ1v) is 9.28. The fourth-order valence-electron chi connectivity index (χ4n) is 2.87. The zero-order valence-electron chi connectivity index (χ0n) is 17.0. The smallest absolute Gasteiger partial charge is 0.328 e. The molecule has 0 aliphatic carbocycles. The fourth-order valence-corrected chi connectivity index (χ4v) is 2.87. The van der Waals surface area contributed by atoms with Gasteiger partial charge in [-0.05, 0) is 44.0 Å². The molecule has 0 fully saturated rings. The van der Waals surface area contributed by atoms with Crippen LogP contribution in [0.25, 0.3) is 0 Å². The Hall–Kier alpha value is -4.21. The minimum Gasteiger partial charge on any atom is -0.480 e. The number of ether oxygens (including phenoxy) is 1. The number of aliphatic carboxylic acids is 1. The summed E-state index contributed by atoms with van der Waals surface area (Å²) in [4.78, 5) is 34.7. The Morgan fingerprint density at radius 2 is 1.94 bits per heavy atom. The molecule has 1 amide bonds.